The Balaban J connectivity index is 1.84. The van der Waals surface area contributed by atoms with Crippen molar-refractivity contribution in [2.45, 2.75) is 44.9 Å². The first-order valence-electron chi connectivity index (χ1n) is 8.08. The smallest absolute Gasteiger partial charge is 0.138 e. The first-order chi connectivity index (χ1) is 11.4. The Hall–Kier alpha value is -1.07. The molecule has 128 valence electrons. The minimum Gasteiger partial charge on any atom is -0.487 e. The van der Waals surface area contributed by atoms with Crippen molar-refractivity contribution in [1.82, 2.24) is 5.01 Å². The Morgan fingerprint density at radius 3 is 2.62 bits per heavy atom. The van der Waals surface area contributed by atoms with Gasteiger partial charge in [-0.1, -0.05) is 57.9 Å². The first-order valence-corrected chi connectivity index (χ1v) is 9.25. The van der Waals surface area contributed by atoms with Crippen molar-refractivity contribution in [3.63, 3.8) is 0 Å². The van der Waals surface area contributed by atoms with Crippen molar-refractivity contribution in [3.8, 4) is 5.75 Å². The number of hydrazine groups is 1. The molecule has 2 N–H and O–H groups in total. The fraction of sp³-hybridized carbons (Fsp3) is 0.368. The molecule has 3 rings (SSSR count). The van der Waals surface area contributed by atoms with Crippen LogP contribution in [-0.4, -0.2) is 10.5 Å². The van der Waals surface area contributed by atoms with Crippen molar-refractivity contribution >= 4 is 27.5 Å². The van der Waals surface area contributed by atoms with E-state index in [2.05, 4.69) is 29.8 Å². The lowest BCUT2D eigenvalue weighted by atomic mass is 10.0. The van der Waals surface area contributed by atoms with Gasteiger partial charge in [-0.15, -0.1) is 0 Å². The summed E-state index contributed by atoms with van der Waals surface area (Å²) in [6.45, 7) is 4.83. The summed E-state index contributed by atoms with van der Waals surface area (Å²) in [4.78, 5) is 0. The Bertz CT molecular complexity index is 721. The summed E-state index contributed by atoms with van der Waals surface area (Å²) in [7, 11) is 0. The van der Waals surface area contributed by atoms with Gasteiger partial charge in [-0.2, -0.15) is 0 Å². The lowest BCUT2D eigenvalue weighted by Crippen LogP contribution is -2.44. The topological polar surface area (TPSA) is 38.5 Å². The largest absolute Gasteiger partial charge is 0.487 e. The van der Waals surface area contributed by atoms with Gasteiger partial charge in [0.1, 0.15) is 12.4 Å². The standard InChI is InChI=1S/C19H22BrClN2O/c1-19(2)9-8-17(23(19)22)14-10-18(16(21)11-15(14)20)24-12-13-6-4-3-5-7-13/h3-7,10-11,17H,8-9,12,22H2,1-2H3. The quantitative estimate of drug-likeness (QED) is 0.680. The Kier molecular flexibility index (Phi) is 5.21. The van der Waals surface area contributed by atoms with Crippen LogP contribution in [0.2, 0.25) is 5.02 Å². The molecule has 0 amide bonds. The Labute approximate surface area is 156 Å². The van der Waals surface area contributed by atoms with Gasteiger partial charge >= 0.3 is 0 Å². The van der Waals surface area contributed by atoms with Crippen LogP contribution in [0.5, 0.6) is 5.75 Å². The lowest BCUT2D eigenvalue weighted by molar-refractivity contribution is 0.130. The van der Waals surface area contributed by atoms with Gasteiger partial charge in [-0.05, 0) is 49.9 Å². The van der Waals surface area contributed by atoms with Crippen LogP contribution in [0.3, 0.4) is 0 Å². The van der Waals surface area contributed by atoms with E-state index >= 15 is 0 Å². The summed E-state index contributed by atoms with van der Waals surface area (Å²) in [5.41, 5.74) is 2.23. The van der Waals surface area contributed by atoms with Crippen LogP contribution in [0.15, 0.2) is 46.9 Å². The third-order valence-electron chi connectivity index (χ3n) is 4.71. The second-order valence-electron chi connectivity index (χ2n) is 6.85. The molecule has 1 aliphatic heterocycles. The van der Waals surface area contributed by atoms with E-state index in [0.29, 0.717) is 17.4 Å². The second-order valence-corrected chi connectivity index (χ2v) is 8.11. The average molecular weight is 410 g/mol. The summed E-state index contributed by atoms with van der Waals surface area (Å²) in [5, 5.41) is 2.55. The van der Waals surface area contributed by atoms with Crippen molar-refractivity contribution in [3.05, 3.63) is 63.1 Å². The van der Waals surface area contributed by atoms with Gasteiger partial charge in [-0.3, -0.25) is 5.84 Å². The summed E-state index contributed by atoms with van der Waals surface area (Å²) < 4.78 is 6.92. The molecule has 0 saturated carbocycles. The monoisotopic (exact) mass is 408 g/mol. The molecule has 2 aromatic rings. The van der Waals surface area contributed by atoms with E-state index in [-0.39, 0.29) is 11.6 Å². The molecule has 0 spiro atoms. The van der Waals surface area contributed by atoms with E-state index < -0.39 is 0 Å². The number of ether oxygens (including phenoxy) is 1. The molecule has 0 aliphatic carbocycles. The lowest BCUT2D eigenvalue weighted by Gasteiger charge is -2.32. The SMILES string of the molecule is CC1(C)CCC(c2cc(OCc3ccccc3)c(Cl)cc2Br)N1N. The predicted octanol–water partition coefficient (Wildman–Crippen LogP) is 5.47. The van der Waals surface area contributed by atoms with E-state index in [1.165, 1.54) is 0 Å². The molecule has 0 bridgehead atoms. The van der Waals surface area contributed by atoms with Crippen LogP contribution in [0, 0.1) is 0 Å². The van der Waals surface area contributed by atoms with Gasteiger partial charge in [0.2, 0.25) is 0 Å². The molecule has 0 aromatic heterocycles. The molecule has 1 saturated heterocycles. The second kappa shape index (κ2) is 7.04. The van der Waals surface area contributed by atoms with Gasteiger partial charge in [0.05, 0.1) is 11.1 Å². The van der Waals surface area contributed by atoms with Crippen molar-refractivity contribution in [1.29, 1.82) is 0 Å². The molecule has 1 fully saturated rings. The Morgan fingerprint density at radius 2 is 2.00 bits per heavy atom. The van der Waals surface area contributed by atoms with Crippen LogP contribution in [0.25, 0.3) is 0 Å². The summed E-state index contributed by atoms with van der Waals surface area (Å²) in [6.07, 6.45) is 2.07. The summed E-state index contributed by atoms with van der Waals surface area (Å²) in [5.74, 6) is 7.04. The number of nitrogens with zero attached hydrogens (tertiary/aromatic N) is 1. The minimum absolute atomic E-state index is 0.00516. The van der Waals surface area contributed by atoms with Crippen molar-refractivity contribution in [2.75, 3.05) is 0 Å². The minimum atomic E-state index is -0.00516. The number of hydrogen-bond acceptors (Lipinski definition) is 3. The summed E-state index contributed by atoms with van der Waals surface area (Å²) >= 11 is 10.00. The molecule has 1 unspecified atom stereocenters. The zero-order valence-electron chi connectivity index (χ0n) is 13.9. The highest BCUT2D eigenvalue weighted by molar-refractivity contribution is 9.10. The Morgan fingerprint density at radius 1 is 1.29 bits per heavy atom. The summed E-state index contributed by atoms with van der Waals surface area (Å²) in [6, 6.07) is 14.1. The van der Waals surface area contributed by atoms with E-state index in [9.17, 15) is 0 Å². The maximum atomic E-state index is 6.37. The molecule has 24 heavy (non-hydrogen) atoms. The number of rotatable bonds is 4. The predicted molar refractivity (Wildman–Crippen MR) is 102 cm³/mol. The highest BCUT2D eigenvalue weighted by Crippen LogP contribution is 2.44. The molecular weight excluding hydrogens is 388 g/mol. The van der Waals surface area contributed by atoms with Gasteiger partial charge in [0, 0.05) is 10.0 Å². The van der Waals surface area contributed by atoms with Crippen molar-refractivity contribution < 1.29 is 4.74 Å². The third-order valence-corrected chi connectivity index (χ3v) is 5.69. The maximum Gasteiger partial charge on any atom is 0.138 e. The van der Waals surface area contributed by atoms with E-state index in [4.69, 9.17) is 22.2 Å². The normalized spacial score (nSPS) is 20.3. The zero-order chi connectivity index (χ0) is 17.3. The molecule has 5 heteroatoms. The van der Waals surface area contributed by atoms with Gasteiger partial charge < -0.3 is 4.74 Å². The molecule has 3 nitrogen and oxygen atoms in total. The maximum absolute atomic E-state index is 6.37. The first kappa shape index (κ1) is 17.7. The van der Waals surface area contributed by atoms with Crippen LogP contribution in [0.4, 0.5) is 0 Å². The molecule has 1 heterocycles. The molecule has 0 radical (unpaired) electrons. The van der Waals surface area contributed by atoms with Crippen molar-refractivity contribution in [2.24, 2.45) is 5.84 Å². The number of halogens is 2. The van der Waals surface area contributed by atoms with E-state index in [1.807, 2.05) is 47.5 Å². The fourth-order valence-corrected chi connectivity index (χ4v) is 4.09. The van der Waals surface area contributed by atoms with Crippen LogP contribution < -0.4 is 10.6 Å². The third kappa shape index (κ3) is 3.62. The van der Waals surface area contributed by atoms with Gasteiger partial charge in [-0.25, -0.2) is 5.01 Å². The van der Waals surface area contributed by atoms with Crippen LogP contribution in [-0.2, 0) is 6.61 Å². The van der Waals surface area contributed by atoms with E-state index in [1.54, 1.807) is 0 Å². The van der Waals surface area contributed by atoms with Gasteiger partial charge in [0.15, 0.2) is 0 Å². The molecule has 2 aromatic carbocycles. The highest BCUT2D eigenvalue weighted by Gasteiger charge is 2.39. The average Bonchev–Trinajstić information content (AvgIpc) is 2.82. The molecule has 1 atom stereocenters. The van der Waals surface area contributed by atoms with Crippen LogP contribution >= 0.6 is 27.5 Å². The zero-order valence-corrected chi connectivity index (χ0v) is 16.3. The van der Waals surface area contributed by atoms with E-state index in [0.717, 1.165) is 28.4 Å². The number of hydrogen-bond donors (Lipinski definition) is 1. The molecular formula is C19H22BrClN2O. The van der Waals surface area contributed by atoms with Crippen LogP contribution in [0.1, 0.15) is 43.9 Å². The fourth-order valence-electron chi connectivity index (χ4n) is 3.13. The van der Waals surface area contributed by atoms with Gasteiger partial charge in [0.25, 0.3) is 0 Å². The highest BCUT2D eigenvalue weighted by atomic mass is 79.9. The molecule has 1 aliphatic rings. The number of benzene rings is 2. The number of nitrogens with two attached hydrogens (primary N) is 1.